The second-order valence-electron chi connectivity index (χ2n) is 4.80. The van der Waals surface area contributed by atoms with Gasteiger partial charge in [-0.3, -0.25) is 4.79 Å². The van der Waals surface area contributed by atoms with E-state index in [1.54, 1.807) is 25.1 Å². The normalized spacial score (nSPS) is 20.7. The Labute approximate surface area is 113 Å². The Hall–Kier alpha value is -1.59. The highest BCUT2D eigenvalue weighted by Gasteiger charge is 2.28. The molecule has 0 radical (unpaired) electrons. The topological polar surface area (TPSA) is 61.8 Å². The van der Waals surface area contributed by atoms with Crippen LogP contribution >= 0.6 is 0 Å². The van der Waals surface area contributed by atoms with Crippen LogP contribution in [0.1, 0.15) is 18.1 Å². The maximum atomic E-state index is 11.7. The number of aliphatic hydroxyl groups is 1. The van der Waals surface area contributed by atoms with E-state index in [9.17, 15) is 9.90 Å². The Morgan fingerprint density at radius 1 is 1.58 bits per heavy atom. The molecule has 2 atom stereocenters. The van der Waals surface area contributed by atoms with Crippen LogP contribution < -0.4 is 10.1 Å². The summed E-state index contributed by atoms with van der Waals surface area (Å²) < 4.78 is 5.12. The molecule has 5 heteroatoms. The number of ether oxygens (including phenoxy) is 1. The zero-order valence-electron chi connectivity index (χ0n) is 11.3. The number of nitrogens with zero attached hydrogens (tertiary/aromatic N) is 1. The molecule has 2 rings (SSSR count). The van der Waals surface area contributed by atoms with Gasteiger partial charge in [0.1, 0.15) is 5.75 Å². The van der Waals surface area contributed by atoms with Gasteiger partial charge in [0.05, 0.1) is 19.3 Å². The zero-order chi connectivity index (χ0) is 13.8. The summed E-state index contributed by atoms with van der Waals surface area (Å²) in [7, 11) is 3.39. The van der Waals surface area contributed by atoms with Crippen molar-refractivity contribution in [3.8, 4) is 5.75 Å². The minimum atomic E-state index is -0.645. The maximum absolute atomic E-state index is 11.7. The van der Waals surface area contributed by atoms with Gasteiger partial charge >= 0.3 is 0 Å². The van der Waals surface area contributed by atoms with Crippen LogP contribution in [0.4, 0.5) is 0 Å². The molecule has 0 aliphatic carbocycles. The highest BCUT2D eigenvalue weighted by atomic mass is 16.5. The van der Waals surface area contributed by atoms with Crippen LogP contribution in [-0.2, 0) is 4.79 Å². The fourth-order valence-corrected chi connectivity index (χ4v) is 2.23. The average molecular weight is 264 g/mol. The highest BCUT2D eigenvalue weighted by molar-refractivity contribution is 5.83. The summed E-state index contributed by atoms with van der Waals surface area (Å²) in [6, 6.07) is 7.14. The predicted octanol–water partition coefficient (Wildman–Crippen LogP) is 0.549. The first kappa shape index (κ1) is 13.8. The van der Waals surface area contributed by atoms with Crippen LogP contribution in [0, 0.1) is 0 Å². The number of carbonyl (C=O) groups excluding carboxylic acids is 1. The number of hydrogen-bond acceptors (Lipinski definition) is 4. The van der Waals surface area contributed by atoms with Gasteiger partial charge in [-0.05, 0) is 24.1 Å². The van der Waals surface area contributed by atoms with Crippen molar-refractivity contribution in [2.45, 2.75) is 18.6 Å². The molecule has 1 fully saturated rings. The summed E-state index contributed by atoms with van der Waals surface area (Å²) in [5, 5.41) is 13.2. The summed E-state index contributed by atoms with van der Waals surface area (Å²) in [4.78, 5) is 13.4. The second kappa shape index (κ2) is 6.04. The van der Waals surface area contributed by atoms with Crippen LogP contribution in [0.2, 0.25) is 0 Å². The summed E-state index contributed by atoms with van der Waals surface area (Å²) >= 11 is 0. The molecular formula is C14H20N2O3. The van der Waals surface area contributed by atoms with Crippen LogP contribution in [0.15, 0.2) is 24.3 Å². The first-order valence-corrected chi connectivity index (χ1v) is 6.42. The van der Waals surface area contributed by atoms with E-state index in [-0.39, 0.29) is 11.9 Å². The monoisotopic (exact) mass is 264 g/mol. The number of carbonyl (C=O) groups is 1. The molecular weight excluding hydrogens is 244 g/mol. The van der Waals surface area contributed by atoms with E-state index < -0.39 is 6.10 Å². The van der Waals surface area contributed by atoms with Gasteiger partial charge < -0.3 is 20.1 Å². The number of benzene rings is 1. The molecule has 1 aliphatic heterocycles. The van der Waals surface area contributed by atoms with Gasteiger partial charge in [-0.1, -0.05) is 12.1 Å². The highest BCUT2D eigenvalue weighted by Crippen LogP contribution is 2.19. The Morgan fingerprint density at radius 3 is 3.00 bits per heavy atom. The van der Waals surface area contributed by atoms with Crippen LogP contribution in [-0.4, -0.2) is 49.2 Å². The number of amides is 1. The summed E-state index contributed by atoms with van der Waals surface area (Å²) in [5.74, 6) is 0.811. The Bertz CT molecular complexity index is 450. The molecule has 104 valence electrons. The molecule has 2 N–H and O–H groups in total. The van der Waals surface area contributed by atoms with Crippen molar-refractivity contribution in [1.29, 1.82) is 0 Å². The number of aliphatic hydroxyl groups excluding tert-OH is 1. The quantitative estimate of drug-likeness (QED) is 0.815. The van der Waals surface area contributed by atoms with Gasteiger partial charge in [0.15, 0.2) is 0 Å². The van der Waals surface area contributed by atoms with Gasteiger partial charge in [-0.25, -0.2) is 0 Å². The van der Waals surface area contributed by atoms with Crippen molar-refractivity contribution >= 4 is 5.91 Å². The molecule has 1 amide bonds. The number of rotatable bonds is 5. The SMILES string of the molecule is COc1cccc(C(O)CNC2CCN(C)C2=O)c1. The lowest BCUT2D eigenvalue weighted by Crippen LogP contribution is -2.38. The maximum Gasteiger partial charge on any atom is 0.239 e. The fourth-order valence-electron chi connectivity index (χ4n) is 2.23. The van der Waals surface area contributed by atoms with Gasteiger partial charge in [-0.15, -0.1) is 0 Å². The standard InChI is InChI=1S/C14H20N2O3/c1-16-7-6-12(14(16)18)15-9-13(17)10-4-3-5-11(8-10)19-2/h3-5,8,12-13,15,17H,6-7,9H2,1-2H3. The molecule has 19 heavy (non-hydrogen) atoms. The van der Waals surface area contributed by atoms with Crippen LogP contribution in [0.3, 0.4) is 0 Å². The van der Waals surface area contributed by atoms with Crippen LogP contribution in [0.5, 0.6) is 5.75 Å². The fraction of sp³-hybridized carbons (Fsp3) is 0.500. The van der Waals surface area contributed by atoms with Gasteiger partial charge in [0.2, 0.25) is 5.91 Å². The van der Waals surface area contributed by atoms with E-state index in [4.69, 9.17) is 4.74 Å². The third-order valence-electron chi connectivity index (χ3n) is 3.46. The average Bonchev–Trinajstić information content (AvgIpc) is 2.76. The van der Waals surface area contributed by atoms with Gasteiger partial charge in [0, 0.05) is 20.1 Å². The van der Waals surface area contributed by atoms with E-state index in [0.717, 1.165) is 18.5 Å². The number of likely N-dealkylation sites (tertiary alicyclic amines) is 1. The van der Waals surface area contributed by atoms with Crippen molar-refractivity contribution in [2.24, 2.45) is 0 Å². The largest absolute Gasteiger partial charge is 0.497 e. The molecule has 1 heterocycles. The van der Waals surface area contributed by atoms with Crippen molar-refractivity contribution < 1.29 is 14.6 Å². The first-order chi connectivity index (χ1) is 9.11. The van der Waals surface area contributed by atoms with Crippen LogP contribution in [0.25, 0.3) is 0 Å². The third-order valence-corrected chi connectivity index (χ3v) is 3.46. The minimum absolute atomic E-state index is 0.0952. The molecule has 5 nitrogen and oxygen atoms in total. The van der Waals surface area contributed by atoms with E-state index in [2.05, 4.69) is 5.32 Å². The van der Waals surface area contributed by atoms with Crippen molar-refractivity contribution in [3.05, 3.63) is 29.8 Å². The second-order valence-corrected chi connectivity index (χ2v) is 4.80. The lowest BCUT2D eigenvalue weighted by molar-refractivity contribution is -0.128. The molecule has 1 saturated heterocycles. The van der Waals surface area contributed by atoms with E-state index in [0.29, 0.717) is 12.3 Å². The molecule has 2 unspecified atom stereocenters. The van der Waals surface area contributed by atoms with Crippen molar-refractivity contribution in [1.82, 2.24) is 10.2 Å². The summed E-state index contributed by atoms with van der Waals surface area (Å²) in [6.07, 6.45) is 0.147. The Kier molecular flexibility index (Phi) is 4.39. The number of hydrogen-bond donors (Lipinski definition) is 2. The molecule has 1 aromatic rings. The Morgan fingerprint density at radius 2 is 2.37 bits per heavy atom. The lowest BCUT2D eigenvalue weighted by Gasteiger charge is -2.16. The summed E-state index contributed by atoms with van der Waals surface area (Å²) in [5.41, 5.74) is 0.783. The molecule has 0 saturated carbocycles. The number of nitrogens with one attached hydrogen (secondary N) is 1. The molecule has 1 aliphatic rings. The first-order valence-electron chi connectivity index (χ1n) is 6.42. The smallest absolute Gasteiger partial charge is 0.239 e. The lowest BCUT2D eigenvalue weighted by atomic mass is 10.1. The number of likely N-dealkylation sites (N-methyl/N-ethyl adjacent to an activating group) is 1. The number of methoxy groups -OCH3 is 1. The van der Waals surface area contributed by atoms with Gasteiger partial charge in [0.25, 0.3) is 0 Å². The molecule has 0 spiro atoms. The minimum Gasteiger partial charge on any atom is -0.497 e. The van der Waals surface area contributed by atoms with Crippen molar-refractivity contribution in [3.63, 3.8) is 0 Å². The predicted molar refractivity (Wildman–Crippen MR) is 72.0 cm³/mol. The molecule has 0 bridgehead atoms. The van der Waals surface area contributed by atoms with E-state index in [1.165, 1.54) is 0 Å². The Balaban J connectivity index is 1.90. The zero-order valence-corrected chi connectivity index (χ0v) is 11.3. The molecule has 0 aromatic heterocycles. The van der Waals surface area contributed by atoms with E-state index in [1.807, 2.05) is 18.2 Å². The van der Waals surface area contributed by atoms with Crippen molar-refractivity contribution in [2.75, 3.05) is 27.2 Å². The van der Waals surface area contributed by atoms with Gasteiger partial charge in [-0.2, -0.15) is 0 Å². The van der Waals surface area contributed by atoms with E-state index >= 15 is 0 Å². The summed E-state index contributed by atoms with van der Waals surface area (Å²) in [6.45, 7) is 1.13. The third kappa shape index (κ3) is 3.24. The molecule has 1 aromatic carbocycles.